The average Bonchev–Trinajstić information content (AvgIpc) is 2.46. The number of nitrogens with two attached hydrogens (primary N) is 1. The molecule has 0 spiro atoms. The minimum Gasteiger partial charge on any atom is -0.491 e. The maximum absolute atomic E-state index is 5.91. The van der Waals surface area contributed by atoms with Gasteiger partial charge in [0, 0.05) is 32.6 Å². The van der Waals surface area contributed by atoms with Crippen LogP contribution in [0.2, 0.25) is 0 Å². The first-order valence-corrected chi connectivity index (χ1v) is 6.44. The number of benzene rings is 1. The molecule has 0 unspecified atom stereocenters. The molecule has 4 nitrogen and oxygen atoms in total. The number of hydrogen-bond acceptors (Lipinski definition) is 4. The molecule has 100 valence electrons. The Morgan fingerprint density at radius 2 is 1.83 bits per heavy atom. The monoisotopic (exact) mass is 251 g/mol. The molecule has 0 saturated carbocycles. The molecule has 2 rings (SSSR count). The molecule has 18 heavy (non-hydrogen) atoms. The summed E-state index contributed by atoms with van der Waals surface area (Å²) in [5.74, 6) is 0.870. The summed E-state index contributed by atoms with van der Waals surface area (Å²) in [6, 6.07) is 9.75. The third-order valence-corrected chi connectivity index (χ3v) is 3.28. The Kier molecular flexibility index (Phi) is 4.99. The zero-order valence-electron chi connectivity index (χ0n) is 10.6. The highest BCUT2D eigenvalue weighted by Gasteiger charge is 2.31. The first-order valence-electron chi connectivity index (χ1n) is 6.44. The van der Waals surface area contributed by atoms with Crippen molar-refractivity contribution in [2.75, 3.05) is 33.0 Å². The molecule has 1 heterocycles. The van der Waals surface area contributed by atoms with Gasteiger partial charge in [-0.25, -0.2) is 0 Å². The van der Waals surface area contributed by atoms with Gasteiger partial charge in [0.15, 0.2) is 0 Å². The van der Waals surface area contributed by atoms with Gasteiger partial charge in [-0.15, -0.1) is 0 Å². The highest BCUT2D eigenvalue weighted by atomic mass is 16.5. The smallest absolute Gasteiger partial charge is 0.119 e. The summed E-state index contributed by atoms with van der Waals surface area (Å²) in [5, 5.41) is 0. The van der Waals surface area contributed by atoms with E-state index >= 15 is 0 Å². The third kappa shape index (κ3) is 3.70. The van der Waals surface area contributed by atoms with Crippen molar-refractivity contribution in [2.24, 2.45) is 5.73 Å². The fraction of sp³-hybridized carbons (Fsp3) is 0.571. The summed E-state index contributed by atoms with van der Waals surface area (Å²) in [6.45, 7) is 3.12. The number of rotatable bonds is 6. The molecule has 1 saturated heterocycles. The van der Waals surface area contributed by atoms with Crippen LogP contribution in [0.4, 0.5) is 0 Å². The summed E-state index contributed by atoms with van der Waals surface area (Å²) in [4.78, 5) is 0. The Morgan fingerprint density at radius 3 is 2.50 bits per heavy atom. The van der Waals surface area contributed by atoms with Gasteiger partial charge in [0.1, 0.15) is 12.4 Å². The molecule has 4 heteroatoms. The molecule has 0 aliphatic carbocycles. The van der Waals surface area contributed by atoms with Crippen LogP contribution >= 0.6 is 0 Å². The fourth-order valence-electron chi connectivity index (χ4n) is 2.09. The SMILES string of the molecule is NCC1(OCCOc2ccccc2)CCOCC1. The van der Waals surface area contributed by atoms with Gasteiger partial charge < -0.3 is 19.9 Å². The summed E-state index contributed by atoms with van der Waals surface area (Å²) in [7, 11) is 0. The minimum atomic E-state index is -0.210. The van der Waals surface area contributed by atoms with Gasteiger partial charge in [-0.3, -0.25) is 0 Å². The molecule has 0 amide bonds. The molecular weight excluding hydrogens is 230 g/mol. The molecule has 1 fully saturated rings. The van der Waals surface area contributed by atoms with Crippen molar-refractivity contribution in [3.05, 3.63) is 30.3 Å². The van der Waals surface area contributed by atoms with Gasteiger partial charge in [-0.05, 0) is 12.1 Å². The van der Waals surface area contributed by atoms with Crippen molar-refractivity contribution < 1.29 is 14.2 Å². The summed E-state index contributed by atoms with van der Waals surface area (Å²) in [6.07, 6.45) is 1.74. The van der Waals surface area contributed by atoms with Crippen LogP contribution < -0.4 is 10.5 Å². The second kappa shape index (κ2) is 6.73. The predicted octanol–water partition coefficient (Wildman–Crippen LogP) is 1.59. The van der Waals surface area contributed by atoms with Gasteiger partial charge >= 0.3 is 0 Å². The second-order valence-electron chi connectivity index (χ2n) is 4.51. The normalized spacial score (nSPS) is 18.5. The van der Waals surface area contributed by atoms with Gasteiger partial charge in [0.05, 0.1) is 12.2 Å². The Balaban J connectivity index is 1.71. The standard InChI is InChI=1S/C14H21NO3/c15-12-14(6-8-16-9-7-14)18-11-10-17-13-4-2-1-3-5-13/h1-5H,6-12,15H2. The molecule has 1 aliphatic rings. The topological polar surface area (TPSA) is 53.7 Å². The first kappa shape index (κ1) is 13.3. The first-order chi connectivity index (χ1) is 8.85. The van der Waals surface area contributed by atoms with E-state index in [1.165, 1.54) is 0 Å². The van der Waals surface area contributed by atoms with Crippen molar-refractivity contribution in [1.82, 2.24) is 0 Å². The van der Waals surface area contributed by atoms with Crippen LogP contribution in [-0.4, -0.2) is 38.6 Å². The lowest BCUT2D eigenvalue weighted by molar-refractivity contribution is -0.109. The van der Waals surface area contributed by atoms with E-state index in [0.29, 0.717) is 19.8 Å². The van der Waals surface area contributed by atoms with Crippen molar-refractivity contribution in [1.29, 1.82) is 0 Å². The van der Waals surface area contributed by atoms with E-state index in [-0.39, 0.29) is 5.60 Å². The van der Waals surface area contributed by atoms with Crippen LogP contribution in [0.25, 0.3) is 0 Å². The molecule has 1 aliphatic heterocycles. The largest absolute Gasteiger partial charge is 0.491 e. The lowest BCUT2D eigenvalue weighted by atomic mass is 9.94. The Morgan fingerprint density at radius 1 is 1.11 bits per heavy atom. The lowest BCUT2D eigenvalue weighted by Gasteiger charge is -2.36. The molecule has 0 atom stereocenters. The second-order valence-corrected chi connectivity index (χ2v) is 4.51. The van der Waals surface area contributed by atoms with E-state index in [0.717, 1.165) is 31.8 Å². The summed E-state index contributed by atoms with van der Waals surface area (Å²) >= 11 is 0. The van der Waals surface area contributed by atoms with E-state index in [1.54, 1.807) is 0 Å². The number of hydrogen-bond donors (Lipinski definition) is 1. The van der Waals surface area contributed by atoms with Crippen LogP contribution in [0.1, 0.15) is 12.8 Å². The van der Waals surface area contributed by atoms with E-state index in [1.807, 2.05) is 30.3 Å². The Bertz CT molecular complexity index is 336. The highest BCUT2D eigenvalue weighted by Crippen LogP contribution is 2.23. The van der Waals surface area contributed by atoms with Crippen LogP contribution in [0, 0.1) is 0 Å². The maximum Gasteiger partial charge on any atom is 0.119 e. The van der Waals surface area contributed by atoms with Gasteiger partial charge in [0.25, 0.3) is 0 Å². The Hall–Kier alpha value is -1.10. The molecule has 0 radical (unpaired) electrons. The van der Waals surface area contributed by atoms with Crippen LogP contribution in [-0.2, 0) is 9.47 Å². The molecule has 1 aromatic rings. The van der Waals surface area contributed by atoms with Crippen molar-refractivity contribution >= 4 is 0 Å². The molecule has 0 bridgehead atoms. The van der Waals surface area contributed by atoms with Crippen LogP contribution in [0.3, 0.4) is 0 Å². The average molecular weight is 251 g/mol. The quantitative estimate of drug-likeness (QED) is 0.780. The lowest BCUT2D eigenvalue weighted by Crippen LogP contribution is -2.46. The van der Waals surface area contributed by atoms with Gasteiger partial charge in [0.2, 0.25) is 0 Å². The Labute approximate surface area is 108 Å². The van der Waals surface area contributed by atoms with Crippen LogP contribution in [0.15, 0.2) is 30.3 Å². The fourth-order valence-corrected chi connectivity index (χ4v) is 2.09. The molecule has 1 aromatic carbocycles. The number of para-hydroxylation sites is 1. The summed E-state index contributed by atoms with van der Waals surface area (Å²) in [5.41, 5.74) is 5.60. The predicted molar refractivity (Wildman–Crippen MR) is 69.7 cm³/mol. The number of ether oxygens (including phenoxy) is 3. The van der Waals surface area contributed by atoms with E-state index in [2.05, 4.69) is 0 Å². The highest BCUT2D eigenvalue weighted by molar-refractivity contribution is 5.20. The van der Waals surface area contributed by atoms with Crippen LogP contribution in [0.5, 0.6) is 5.75 Å². The molecule has 0 aromatic heterocycles. The van der Waals surface area contributed by atoms with Crippen molar-refractivity contribution in [3.8, 4) is 5.75 Å². The van der Waals surface area contributed by atoms with Crippen molar-refractivity contribution in [3.63, 3.8) is 0 Å². The maximum atomic E-state index is 5.91. The van der Waals surface area contributed by atoms with Gasteiger partial charge in [-0.2, -0.15) is 0 Å². The van der Waals surface area contributed by atoms with E-state index in [4.69, 9.17) is 19.9 Å². The zero-order valence-corrected chi connectivity index (χ0v) is 10.6. The van der Waals surface area contributed by atoms with Crippen molar-refractivity contribution in [2.45, 2.75) is 18.4 Å². The van der Waals surface area contributed by atoms with E-state index < -0.39 is 0 Å². The molecular formula is C14H21NO3. The van der Waals surface area contributed by atoms with E-state index in [9.17, 15) is 0 Å². The summed E-state index contributed by atoms with van der Waals surface area (Å²) < 4.78 is 16.8. The minimum absolute atomic E-state index is 0.210. The molecule has 2 N–H and O–H groups in total. The third-order valence-electron chi connectivity index (χ3n) is 3.28. The zero-order chi connectivity index (χ0) is 12.7. The van der Waals surface area contributed by atoms with Gasteiger partial charge in [-0.1, -0.05) is 18.2 Å².